The molecule has 7 heteroatoms. The Kier molecular flexibility index (Phi) is 3.89. The number of fused-ring (bicyclic) bond motifs is 3. The summed E-state index contributed by atoms with van der Waals surface area (Å²) in [5.74, 6) is -1.23. The summed E-state index contributed by atoms with van der Waals surface area (Å²) < 4.78 is 29.0. The number of aliphatic hydroxyl groups excluding tert-OH is 1. The van der Waals surface area contributed by atoms with Crippen molar-refractivity contribution in [2.24, 2.45) is 0 Å². The SMILES string of the molecule is CCC[C@]12O[C@@H]3[C@H](O1)[C@@H](O[C@H]1CC[C@H](CC(=O)OC)O[C@H]31)[C@@H]2O. The van der Waals surface area contributed by atoms with Gasteiger partial charge in [-0.25, -0.2) is 0 Å². The second-order valence-corrected chi connectivity index (χ2v) is 6.89. The molecule has 4 fully saturated rings. The highest BCUT2D eigenvalue weighted by atomic mass is 16.8. The third-order valence-electron chi connectivity index (χ3n) is 5.45. The summed E-state index contributed by atoms with van der Waals surface area (Å²) in [4.78, 5) is 11.5. The molecule has 8 atom stereocenters. The third kappa shape index (κ3) is 2.33. The Morgan fingerprint density at radius 3 is 2.61 bits per heavy atom. The summed E-state index contributed by atoms with van der Waals surface area (Å²) in [6.45, 7) is 2.03. The summed E-state index contributed by atoms with van der Waals surface area (Å²) in [6, 6.07) is 0. The maximum Gasteiger partial charge on any atom is 0.308 e. The van der Waals surface area contributed by atoms with E-state index in [2.05, 4.69) is 0 Å². The van der Waals surface area contributed by atoms with E-state index >= 15 is 0 Å². The minimum absolute atomic E-state index is 0.119. The van der Waals surface area contributed by atoms with Gasteiger partial charge in [-0.2, -0.15) is 0 Å². The van der Waals surface area contributed by atoms with E-state index in [1.807, 2.05) is 6.92 Å². The highest BCUT2D eigenvalue weighted by Gasteiger charge is 2.70. The van der Waals surface area contributed by atoms with Crippen LogP contribution in [-0.2, 0) is 28.5 Å². The van der Waals surface area contributed by atoms with E-state index in [0.29, 0.717) is 6.42 Å². The van der Waals surface area contributed by atoms with Crippen molar-refractivity contribution in [1.82, 2.24) is 0 Å². The van der Waals surface area contributed by atoms with Gasteiger partial charge in [0.1, 0.15) is 30.5 Å². The lowest BCUT2D eigenvalue weighted by Crippen LogP contribution is -2.65. The minimum Gasteiger partial charge on any atom is -0.469 e. The van der Waals surface area contributed by atoms with Crippen LogP contribution in [0, 0.1) is 0 Å². The van der Waals surface area contributed by atoms with Crippen molar-refractivity contribution < 1.29 is 33.6 Å². The van der Waals surface area contributed by atoms with Gasteiger partial charge in [-0.05, 0) is 12.8 Å². The van der Waals surface area contributed by atoms with Crippen LogP contribution in [0.1, 0.15) is 39.0 Å². The number of esters is 1. The zero-order valence-electron chi connectivity index (χ0n) is 13.5. The van der Waals surface area contributed by atoms with E-state index in [1.165, 1.54) is 7.11 Å². The molecule has 4 aliphatic heterocycles. The molecule has 1 N–H and O–H groups in total. The molecule has 4 aliphatic rings. The van der Waals surface area contributed by atoms with Gasteiger partial charge < -0.3 is 28.8 Å². The van der Waals surface area contributed by atoms with Crippen LogP contribution in [0.15, 0.2) is 0 Å². The summed E-state index contributed by atoms with van der Waals surface area (Å²) in [6.07, 6.45) is 1.04. The van der Waals surface area contributed by atoms with Crippen molar-refractivity contribution in [3.05, 3.63) is 0 Å². The Labute approximate surface area is 135 Å². The molecule has 0 aromatic heterocycles. The molecule has 4 heterocycles. The van der Waals surface area contributed by atoms with E-state index in [4.69, 9.17) is 23.7 Å². The predicted octanol–water partition coefficient (Wildman–Crippen LogP) is 0.519. The average Bonchev–Trinajstić information content (AvgIpc) is 3.05. The first-order chi connectivity index (χ1) is 11.1. The maximum atomic E-state index is 11.5. The van der Waals surface area contributed by atoms with E-state index in [9.17, 15) is 9.90 Å². The average molecular weight is 328 g/mol. The lowest BCUT2D eigenvalue weighted by Gasteiger charge is -2.49. The molecule has 0 unspecified atom stereocenters. The van der Waals surface area contributed by atoms with Crippen LogP contribution in [0.2, 0.25) is 0 Å². The third-order valence-corrected chi connectivity index (χ3v) is 5.45. The van der Waals surface area contributed by atoms with Crippen molar-refractivity contribution in [3.63, 3.8) is 0 Å². The zero-order valence-corrected chi connectivity index (χ0v) is 13.5. The van der Waals surface area contributed by atoms with E-state index in [1.54, 1.807) is 0 Å². The van der Waals surface area contributed by atoms with Crippen LogP contribution in [-0.4, -0.2) is 66.7 Å². The molecule has 4 rings (SSSR count). The molecule has 0 aliphatic carbocycles. The molecule has 7 nitrogen and oxygen atoms in total. The largest absolute Gasteiger partial charge is 0.469 e. The van der Waals surface area contributed by atoms with Crippen LogP contribution in [0.4, 0.5) is 0 Å². The second kappa shape index (κ2) is 5.67. The van der Waals surface area contributed by atoms with Crippen molar-refractivity contribution >= 4 is 5.97 Å². The molecule has 0 saturated carbocycles. The van der Waals surface area contributed by atoms with Gasteiger partial charge in [0.05, 0.1) is 25.7 Å². The molecule has 23 heavy (non-hydrogen) atoms. The predicted molar refractivity (Wildman–Crippen MR) is 76.6 cm³/mol. The topological polar surface area (TPSA) is 83.5 Å². The monoisotopic (exact) mass is 328 g/mol. The Bertz CT molecular complexity index is 483. The Hall–Kier alpha value is -0.730. The first-order valence-corrected chi connectivity index (χ1v) is 8.49. The fraction of sp³-hybridized carbons (Fsp3) is 0.938. The van der Waals surface area contributed by atoms with Gasteiger partial charge in [-0.15, -0.1) is 0 Å². The smallest absolute Gasteiger partial charge is 0.308 e. The number of methoxy groups -OCH3 is 1. The normalized spacial score (nSPS) is 50.7. The lowest BCUT2D eigenvalue weighted by molar-refractivity contribution is -0.299. The summed E-state index contributed by atoms with van der Waals surface area (Å²) in [5.41, 5.74) is 0. The molecule has 2 bridgehead atoms. The first-order valence-electron chi connectivity index (χ1n) is 8.49. The maximum absolute atomic E-state index is 11.5. The molecule has 0 amide bonds. The summed E-state index contributed by atoms with van der Waals surface area (Å²) in [5, 5.41) is 10.5. The van der Waals surface area contributed by atoms with Crippen LogP contribution >= 0.6 is 0 Å². The number of carbonyl (C=O) groups excluding carboxylic acids is 1. The van der Waals surface area contributed by atoms with Crippen molar-refractivity contribution in [3.8, 4) is 0 Å². The second-order valence-electron chi connectivity index (χ2n) is 6.89. The van der Waals surface area contributed by atoms with Crippen LogP contribution < -0.4 is 0 Å². The molecule has 130 valence electrons. The molecule has 0 radical (unpaired) electrons. The minimum atomic E-state index is -0.960. The number of hydrogen-bond donors (Lipinski definition) is 1. The molecule has 0 aromatic rings. The van der Waals surface area contributed by atoms with E-state index in [-0.39, 0.29) is 49.0 Å². The molecular weight excluding hydrogens is 304 g/mol. The highest BCUT2D eigenvalue weighted by molar-refractivity contribution is 5.69. The summed E-state index contributed by atoms with van der Waals surface area (Å²) >= 11 is 0. The van der Waals surface area contributed by atoms with Gasteiger partial charge in [-0.1, -0.05) is 13.3 Å². The Morgan fingerprint density at radius 2 is 1.91 bits per heavy atom. The quantitative estimate of drug-likeness (QED) is 0.753. The zero-order chi connectivity index (χ0) is 16.2. The first kappa shape index (κ1) is 15.8. The molecule has 4 saturated heterocycles. The fourth-order valence-electron chi connectivity index (χ4n) is 4.41. The number of rotatable bonds is 4. The number of ether oxygens (including phenoxy) is 5. The van der Waals surface area contributed by atoms with Gasteiger partial charge >= 0.3 is 5.97 Å². The van der Waals surface area contributed by atoms with Crippen LogP contribution in [0.5, 0.6) is 0 Å². The van der Waals surface area contributed by atoms with Gasteiger partial charge in [0, 0.05) is 6.42 Å². The lowest BCUT2D eigenvalue weighted by atomic mass is 9.85. The number of aliphatic hydroxyl groups is 1. The number of carbonyl (C=O) groups is 1. The van der Waals surface area contributed by atoms with Crippen molar-refractivity contribution in [2.45, 2.75) is 87.5 Å². The fourth-order valence-corrected chi connectivity index (χ4v) is 4.41. The molecule has 0 spiro atoms. The van der Waals surface area contributed by atoms with Crippen LogP contribution in [0.3, 0.4) is 0 Å². The van der Waals surface area contributed by atoms with Gasteiger partial charge in [0.25, 0.3) is 0 Å². The van der Waals surface area contributed by atoms with Gasteiger partial charge in [0.15, 0.2) is 5.79 Å². The molecular formula is C16H24O7. The van der Waals surface area contributed by atoms with E-state index in [0.717, 1.165) is 19.3 Å². The molecule has 0 aromatic carbocycles. The standard InChI is InChI=1S/C16H24O7/c1-3-6-16-15(18)14-13(23-16)12(22-16)11-9(21-14)5-4-8(20-11)7-10(17)19-2/h8-9,11-15,18H,3-7H2,1-2H3/t8-,9+,11+,12+,13+,14-,15+,16+/m1/s1. The van der Waals surface area contributed by atoms with Crippen molar-refractivity contribution in [2.75, 3.05) is 7.11 Å². The number of hydrogen-bond acceptors (Lipinski definition) is 7. The van der Waals surface area contributed by atoms with E-state index < -0.39 is 11.9 Å². The Morgan fingerprint density at radius 1 is 1.17 bits per heavy atom. The van der Waals surface area contributed by atoms with Gasteiger partial charge in [0.2, 0.25) is 0 Å². The van der Waals surface area contributed by atoms with Crippen LogP contribution in [0.25, 0.3) is 0 Å². The van der Waals surface area contributed by atoms with Gasteiger partial charge in [-0.3, -0.25) is 4.79 Å². The Balaban J connectivity index is 1.50. The van der Waals surface area contributed by atoms with Crippen molar-refractivity contribution in [1.29, 1.82) is 0 Å². The summed E-state index contributed by atoms with van der Waals surface area (Å²) in [7, 11) is 1.38. The highest BCUT2D eigenvalue weighted by Crippen LogP contribution is 2.52.